The lowest BCUT2D eigenvalue weighted by Gasteiger charge is -2.31. The fraction of sp³-hybridized carbons (Fsp3) is 0.900. The van der Waals surface area contributed by atoms with Crippen molar-refractivity contribution in [1.29, 1.82) is 0 Å². The van der Waals surface area contributed by atoms with Crippen LogP contribution in [0.3, 0.4) is 0 Å². The molecule has 0 aromatic heterocycles. The summed E-state index contributed by atoms with van der Waals surface area (Å²) in [5.41, 5.74) is 0. The average Bonchev–Trinajstić information content (AvgIpc) is 2.14. The van der Waals surface area contributed by atoms with Crippen LogP contribution < -0.4 is 0 Å². The summed E-state index contributed by atoms with van der Waals surface area (Å²) in [6, 6.07) is 0. The molecule has 1 fully saturated rings. The number of hydrogen-bond donors (Lipinski definition) is 1. The molecule has 1 heterocycles. The highest BCUT2D eigenvalue weighted by molar-refractivity contribution is 5.66. The predicted octanol–water partition coefficient (Wildman–Crippen LogP) is 1.97. The van der Waals surface area contributed by atoms with Crippen molar-refractivity contribution in [3.8, 4) is 0 Å². The highest BCUT2D eigenvalue weighted by Gasteiger charge is 2.33. The van der Waals surface area contributed by atoms with E-state index in [1.807, 2.05) is 4.90 Å². The molecule has 15 heavy (non-hydrogen) atoms. The summed E-state index contributed by atoms with van der Waals surface area (Å²) >= 11 is 0. The molecule has 0 bridgehead atoms. The molecule has 0 aromatic rings. The maximum absolute atomic E-state index is 12.8. The maximum atomic E-state index is 12.8. The Bertz CT molecular complexity index is 211. The summed E-state index contributed by atoms with van der Waals surface area (Å²) in [6.45, 7) is 1.60. The van der Waals surface area contributed by atoms with E-state index < -0.39 is 11.9 Å². The molecule has 1 rings (SSSR count). The molecule has 0 radical (unpaired) electrons. The fourth-order valence-electron chi connectivity index (χ4n) is 1.72. The zero-order chi connectivity index (χ0) is 11.3. The van der Waals surface area contributed by atoms with Gasteiger partial charge >= 0.3 is 5.97 Å². The molecule has 0 saturated carbocycles. The van der Waals surface area contributed by atoms with Crippen LogP contribution in [0, 0.1) is 0 Å². The normalized spacial score (nSPS) is 21.5. The van der Waals surface area contributed by atoms with Crippen LogP contribution in [0.1, 0.15) is 32.1 Å². The fourth-order valence-corrected chi connectivity index (χ4v) is 1.72. The van der Waals surface area contributed by atoms with Gasteiger partial charge in [0.15, 0.2) is 0 Å². The number of likely N-dealkylation sites (tertiary alicyclic amines) is 1. The van der Waals surface area contributed by atoms with Crippen molar-refractivity contribution in [2.75, 3.05) is 19.6 Å². The Labute approximate surface area is 88.1 Å². The summed E-state index contributed by atoms with van der Waals surface area (Å²) < 4.78 is 25.5. The monoisotopic (exact) mass is 221 g/mol. The van der Waals surface area contributed by atoms with Gasteiger partial charge in [0.25, 0.3) is 5.92 Å². The van der Waals surface area contributed by atoms with Crippen LogP contribution in [0.4, 0.5) is 8.78 Å². The van der Waals surface area contributed by atoms with Crippen molar-refractivity contribution in [1.82, 2.24) is 4.90 Å². The van der Waals surface area contributed by atoms with E-state index in [2.05, 4.69) is 0 Å². The zero-order valence-corrected chi connectivity index (χ0v) is 8.72. The Morgan fingerprint density at radius 1 is 1.27 bits per heavy atom. The van der Waals surface area contributed by atoms with Crippen molar-refractivity contribution < 1.29 is 18.7 Å². The van der Waals surface area contributed by atoms with E-state index in [4.69, 9.17) is 5.11 Å². The number of alkyl halides is 2. The van der Waals surface area contributed by atoms with Crippen LogP contribution in [0.25, 0.3) is 0 Å². The second-order valence-electron chi connectivity index (χ2n) is 4.05. The molecule has 0 aliphatic carbocycles. The maximum Gasteiger partial charge on any atom is 0.303 e. The van der Waals surface area contributed by atoms with E-state index in [1.165, 1.54) is 0 Å². The Kier molecular flexibility index (Phi) is 4.45. The number of carboxylic acids is 1. The quantitative estimate of drug-likeness (QED) is 0.721. The molecule has 88 valence electrons. The second-order valence-corrected chi connectivity index (χ2v) is 4.05. The van der Waals surface area contributed by atoms with Crippen molar-refractivity contribution in [3.05, 3.63) is 0 Å². The largest absolute Gasteiger partial charge is 0.481 e. The Morgan fingerprint density at radius 2 is 1.87 bits per heavy atom. The van der Waals surface area contributed by atoms with Gasteiger partial charge in [-0.05, 0) is 19.4 Å². The molecule has 3 nitrogen and oxygen atoms in total. The topological polar surface area (TPSA) is 40.5 Å². The first-order valence-electron chi connectivity index (χ1n) is 5.32. The highest BCUT2D eigenvalue weighted by atomic mass is 19.3. The minimum atomic E-state index is -2.49. The molecule has 0 atom stereocenters. The molecule has 0 unspecified atom stereocenters. The van der Waals surface area contributed by atoms with Gasteiger partial charge in [-0.3, -0.25) is 4.79 Å². The molecule has 5 heteroatoms. The van der Waals surface area contributed by atoms with Gasteiger partial charge in [-0.25, -0.2) is 8.78 Å². The first-order valence-corrected chi connectivity index (χ1v) is 5.32. The minimum Gasteiger partial charge on any atom is -0.481 e. The van der Waals surface area contributed by atoms with Crippen LogP contribution in [0.5, 0.6) is 0 Å². The van der Waals surface area contributed by atoms with Crippen LogP contribution in [-0.2, 0) is 4.79 Å². The van der Waals surface area contributed by atoms with Crippen molar-refractivity contribution in [3.63, 3.8) is 0 Å². The molecule has 0 spiro atoms. The summed E-state index contributed by atoms with van der Waals surface area (Å²) in [7, 11) is 0. The lowest BCUT2D eigenvalue weighted by molar-refractivity contribution is -0.137. The third-order valence-electron chi connectivity index (χ3n) is 2.70. The van der Waals surface area contributed by atoms with Gasteiger partial charge in [0.1, 0.15) is 0 Å². The number of carbonyl (C=O) groups is 1. The molecule has 0 aromatic carbocycles. The summed E-state index contributed by atoms with van der Waals surface area (Å²) in [5.74, 6) is -3.28. The third kappa shape index (κ3) is 5.06. The average molecular weight is 221 g/mol. The van der Waals surface area contributed by atoms with Gasteiger partial charge in [-0.1, -0.05) is 0 Å². The lowest BCUT2D eigenvalue weighted by atomic mass is 10.1. The molecule has 1 aliphatic rings. The van der Waals surface area contributed by atoms with Gasteiger partial charge in [0, 0.05) is 32.4 Å². The number of unbranched alkanes of at least 4 members (excludes halogenated alkanes) is 1. The van der Waals surface area contributed by atoms with Crippen molar-refractivity contribution in [2.24, 2.45) is 0 Å². The van der Waals surface area contributed by atoms with E-state index in [9.17, 15) is 13.6 Å². The predicted molar refractivity (Wildman–Crippen MR) is 52.1 cm³/mol. The number of piperidine rings is 1. The molecule has 0 amide bonds. The minimum absolute atomic E-state index is 0.0636. The Hall–Kier alpha value is -0.710. The van der Waals surface area contributed by atoms with Crippen molar-refractivity contribution >= 4 is 5.97 Å². The molecule has 1 aliphatic heterocycles. The van der Waals surface area contributed by atoms with Gasteiger partial charge in [-0.15, -0.1) is 0 Å². The Morgan fingerprint density at radius 3 is 2.40 bits per heavy atom. The molecular formula is C10H17F2NO2. The lowest BCUT2D eigenvalue weighted by Crippen LogP contribution is -2.39. The number of nitrogens with zero attached hydrogens (tertiary/aromatic N) is 1. The number of carboxylic acid groups (broad SMARTS) is 1. The second kappa shape index (κ2) is 5.39. The molecule has 1 N–H and O–H groups in total. The van der Waals surface area contributed by atoms with E-state index in [0.717, 1.165) is 13.0 Å². The first kappa shape index (κ1) is 12.4. The van der Waals surface area contributed by atoms with Crippen molar-refractivity contribution in [2.45, 2.75) is 38.0 Å². The third-order valence-corrected chi connectivity index (χ3v) is 2.70. The SMILES string of the molecule is O=C(O)CCCCN1CCC(F)(F)CC1. The zero-order valence-electron chi connectivity index (χ0n) is 8.72. The molecule has 1 saturated heterocycles. The first-order chi connectivity index (χ1) is 6.99. The summed E-state index contributed by atoms with van der Waals surface area (Å²) in [4.78, 5) is 12.2. The number of halogens is 2. The van der Waals surface area contributed by atoms with E-state index in [1.54, 1.807) is 0 Å². The van der Waals surface area contributed by atoms with E-state index in [-0.39, 0.29) is 19.3 Å². The smallest absolute Gasteiger partial charge is 0.303 e. The van der Waals surface area contributed by atoms with Crippen LogP contribution in [-0.4, -0.2) is 41.5 Å². The van der Waals surface area contributed by atoms with E-state index in [0.29, 0.717) is 19.5 Å². The van der Waals surface area contributed by atoms with Gasteiger partial charge in [0.2, 0.25) is 0 Å². The summed E-state index contributed by atoms with van der Waals surface area (Å²) in [6.07, 6.45) is 1.45. The summed E-state index contributed by atoms with van der Waals surface area (Å²) in [5, 5.41) is 8.41. The molecular weight excluding hydrogens is 204 g/mol. The van der Waals surface area contributed by atoms with E-state index >= 15 is 0 Å². The number of hydrogen-bond acceptors (Lipinski definition) is 2. The van der Waals surface area contributed by atoms with Crippen LogP contribution in [0.2, 0.25) is 0 Å². The highest BCUT2D eigenvalue weighted by Crippen LogP contribution is 2.27. The van der Waals surface area contributed by atoms with Gasteiger partial charge in [-0.2, -0.15) is 0 Å². The number of rotatable bonds is 5. The Balaban J connectivity index is 2.06. The van der Waals surface area contributed by atoms with Gasteiger partial charge in [0.05, 0.1) is 0 Å². The number of aliphatic carboxylic acids is 1. The van der Waals surface area contributed by atoms with Crippen LogP contribution >= 0.6 is 0 Å². The van der Waals surface area contributed by atoms with Crippen LogP contribution in [0.15, 0.2) is 0 Å². The van der Waals surface area contributed by atoms with Gasteiger partial charge < -0.3 is 10.0 Å². The standard InChI is InChI=1S/C10H17F2NO2/c11-10(12)4-7-13(8-5-10)6-2-1-3-9(14)15/h1-8H2,(H,14,15).